The molecular formula is C19H20N2O4. The van der Waals surface area contributed by atoms with Gasteiger partial charge in [-0.3, -0.25) is 9.59 Å². The number of ether oxygens (including phenoxy) is 2. The topological polar surface area (TPSA) is 76.7 Å². The molecule has 0 fully saturated rings. The molecule has 0 aromatic heterocycles. The molecule has 1 aliphatic heterocycles. The number of fused-ring (bicyclic) bond motifs is 1. The third kappa shape index (κ3) is 3.74. The van der Waals surface area contributed by atoms with Crippen molar-refractivity contribution in [2.45, 2.75) is 18.9 Å². The van der Waals surface area contributed by atoms with Gasteiger partial charge in [0.15, 0.2) is 11.5 Å². The van der Waals surface area contributed by atoms with E-state index < -0.39 is 6.04 Å². The maximum atomic E-state index is 12.3. The van der Waals surface area contributed by atoms with Crippen LogP contribution in [0.4, 0.5) is 5.69 Å². The Balaban J connectivity index is 1.66. The molecule has 6 heteroatoms. The van der Waals surface area contributed by atoms with Crippen LogP contribution in [-0.4, -0.2) is 32.1 Å². The highest BCUT2D eigenvalue weighted by Crippen LogP contribution is 2.27. The molecule has 1 unspecified atom stereocenters. The summed E-state index contributed by atoms with van der Waals surface area (Å²) in [4.78, 5) is 24.5. The van der Waals surface area contributed by atoms with Gasteiger partial charge in [0.05, 0.1) is 20.6 Å². The number of nitrogens with one attached hydrogen (secondary N) is 2. The molecule has 0 bridgehead atoms. The van der Waals surface area contributed by atoms with Gasteiger partial charge in [0, 0.05) is 12.1 Å². The molecule has 0 saturated heterocycles. The Morgan fingerprint density at radius 2 is 1.92 bits per heavy atom. The molecule has 1 aliphatic rings. The lowest BCUT2D eigenvalue weighted by Crippen LogP contribution is -2.48. The lowest BCUT2D eigenvalue weighted by Gasteiger charge is -2.25. The zero-order valence-corrected chi connectivity index (χ0v) is 14.2. The van der Waals surface area contributed by atoms with Crippen molar-refractivity contribution in [3.05, 3.63) is 53.6 Å². The maximum Gasteiger partial charge on any atom is 0.247 e. The summed E-state index contributed by atoms with van der Waals surface area (Å²) in [5.74, 6) is 0.762. The summed E-state index contributed by atoms with van der Waals surface area (Å²) in [6.45, 7) is 0. The van der Waals surface area contributed by atoms with Crippen LogP contribution in [0.15, 0.2) is 42.5 Å². The van der Waals surface area contributed by atoms with Crippen LogP contribution in [0.1, 0.15) is 11.1 Å². The monoisotopic (exact) mass is 340 g/mol. The van der Waals surface area contributed by atoms with Gasteiger partial charge < -0.3 is 20.1 Å². The second-order valence-corrected chi connectivity index (χ2v) is 5.84. The first kappa shape index (κ1) is 16.8. The Morgan fingerprint density at radius 1 is 1.16 bits per heavy atom. The van der Waals surface area contributed by atoms with Crippen molar-refractivity contribution < 1.29 is 19.1 Å². The van der Waals surface area contributed by atoms with Crippen LogP contribution >= 0.6 is 0 Å². The fourth-order valence-electron chi connectivity index (χ4n) is 2.89. The van der Waals surface area contributed by atoms with Gasteiger partial charge >= 0.3 is 0 Å². The molecule has 6 nitrogen and oxygen atoms in total. The number of para-hydroxylation sites is 1. The second kappa shape index (κ2) is 7.25. The number of benzene rings is 2. The largest absolute Gasteiger partial charge is 0.493 e. The Hall–Kier alpha value is -3.02. The van der Waals surface area contributed by atoms with Gasteiger partial charge in [-0.15, -0.1) is 0 Å². The fourth-order valence-corrected chi connectivity index (χ4v) is 2.89. The number of carbonyl (C=O) groups excluding carboxylic acids is 2. The normalized spacial score (nSPS) is 15.8. The molecule has 1 heterocycles. The Bertz CT molecular complexity index is 804. The number of hydrogen-bond donors (Lipinski definition) is 2. The number of hydrogen-bond acceptors (Lipinski definition) is 4. The highest BCUT2D eigenvalue weighted by atomic mass is 16.5. The summed E-state index contributed by atoms with van der Waals surface area (Å²) in [5.41, 5.74) is 2.60. The van der Waals surface area contributed by atoms with Gasteiger partial charge in [-0.1, -0.05) is 24.3 Å². The first-order chi connectivity index (χ1) is 12.1. The highest BCUT2D eigenvalue weighted by molar-refractivity contribution is 6.00. The second-order valence-electron chi connectivity index (χ2n) is 5.84. The SMILES string of the molecule is COc1ccc(CC(=O)NC2Cc3ccccc3NC2=O)cc1OC. The molecule has 2 amide bonds. The van der Waals surface area contributed by atoms with Crippen LogP contribution in [0.3, 0.4) is 0 Å². The van der Waals surface area contributed by atoms with Crippen LogP contribution in [0.5, 0.6) is 11.5 Å². The van der Waals surface area contributed by atoms with Crippen molar-refractivity contribution in [3.8, 4) is 11.5 Å². The van der Waals surface area contributed by atoms with Gasteiger partial charge in [0.25, 0.3) is 0 Å². The summed E-state index contributed by atoms with van der Waals surface area (Å²) in [5, 5.41) is 5.62. The molecule has 0 spiro atoms. The molecule has 1 atom stereocenters. The minimum Gasteiger partial charge on any atom is -0.493 e. The van der Waals surface area contributed by atoms with E-state index in [0.717, 1.165) is 16.8 Å². The first-order valence-electron chi connectivity index (χ1n) is 7.99. The van der Waals surface area contributed by atoms with Crippen molar-refractivity contribution >= 4 is 17.5 Å². The molecular weight excluding hydrogens is 320 g/mol. The molecule has 130 valence electrons. The smallest absolute Gasteiger partial charge is 0.247 e. The molecule has 0 aliphatic carbocycles. The molecule has 0 saturated carbocycles. The number of amides is 2. The zero-order chi connectivity index (χ0) is 17.8. The molecule has 2 N–H and O–H groups in total. The fraction of sp³-hybridized carbons (Fsp3) is 0.263. The minimum absolute atomic E-state index is 0.159. The predicted molar refractivity (Wildman–Crippen MR) is 94.0 cm³/mol. The molecule has 25 heavy (non-hydrogen) atoms. The van der Waals surface area contributed by atoms with Crippen molar-refractivity contribution in [3.63, 3.8) is 0 Å². The molecule has 0 radical (unpaired) electrons. The molecule has 3 rings (SSSR count). The van der Waals surface area contributed by atoms with E-state index in [1.165, 1.54) is 0 Å². The van der Waals surface area contributed by atoms with Gasteiger partial charge in [-0.2, -0.15) is 0 Å². The van der Waals surface area contributed by atoms with E-state index in [1.54, 1.807) is 32.4 Å². The Kier molecular flexibility index (Phi) is 4.88. The van der Waals surface area contributed by atoms with E-state index in [-0.39, 0.29) is 18.2 Å². The van der Waals surface area contributed by atoms with Crippen LogP contribution < -0.4 is 20.1 Å². The standard InChI is InChI=1S/C19H20N2O4/c1-24-16-8-7-12(9-17(16)25-2)10-18(22)20-15-11-13-5-3-4-6-14(13)21-19(15)23/h3-9,15H,10-11H2,1-2H3,(H,20,22)(H,21,23). The highest BCUT2D eigenvalue weighted by Gasteiger charge is 2.27. The van der Waals surface area contributed by atoms with Gasteiger partial charge in [0.1, 0.15) is 6.04 Å². The quantitative estimate of drug-likeness (QED) is 0.872. The Labute approximate surface area is 146 Å². The summed E-state index contributed by atoms with van der Waals surface area (Å²) in [7, 11) is 3.11. The van der Waals surface area contributed by atoms with Crippen molar-refractivity contribution in [2.24, 2.45) is 0 Å². The van der Waals surface area contributed by atoms with E-state index in [0.29, 0.717) is 17.9 Å². The summed E-state index contributed by atoms with van der Waals surface area (Å²) < 4.78 is 10.4. The zero-order valence-electron chi connectivity index (χ0n) is 14.2. The van der Waals surface area contributed by atoms with E-state index >= 15 is 0 Å². The maximum absolute atomic E-state index is 12.3. The lowest BCUT2D eigenvalue weighted by atomic mass is 9.98. The van der Waals surface area contributed by atoms with Crippen molar-refractivity contribution in [1.29, 1.82) is 0 Å². The van der Waals surface area contributed by atoms with E-state index in [9.17, 15) is 9.59 Å². The van der Waals surface area contributed by atoms with E-state index in [4.69, 9.17) is 9.47 Å². The number of methoxy groups -OCH3 is 2. The van der Waals surface area contributed by atoms with E-state index in [1.807, 2.05) is 24.3 Å². The average molecular weight is 340 g/mol. The summed E-state index contributed by atoms with van der Waals surface area (Å²) >= 11 is 0. The molecule has 2 aromatic rings. The summed E-state index contributed by atoms with van der Waals surface area (Å²) in [6, 6.07) is 12.3. The van der Waals surface area contributed by atoms with Crippen molar-refractivity contribution in [2.75, 3.05) is 19.5 Å². The van der Waals surface area contributed by atoms with Crippen LogP contribution in [0, 0.1) is 0 Å². The summed E-state index contributed by atoms with van der Waals surface area (Å²) in [6.07, 6.45) is 0.644. The van der Waals surface area contributed by atoms with E-state index in [2.05, 4.69) is 10.6 Å². The molecule has 2 aromatic carbocycles. The minimum atomic E-state index is -0.567. The van der Waals surface area contributed by atoms with Crippen molar-refractivity contribution in [1.82, 2.24) is 5.32 Å². The number of carbonyl (C=O) groups is 2. The van der Waals surface area contributed by atoms with Gasteiger partial charge in [0.2, 0.25) is 11.8 Å². The van der Waals surface area contributed by atoms with Crippen LogP contribution in [0.2, 0.25) is 0 Å². The predicted octanol–water partition coefficient (Wildman–Crippen LogP) is 1.93. The first-order valence-corrected chi connectivity index (χ1v) is 7.99. The van der Waals surface area contributed by atoms with Gasteiger partial charge in [-0.25, -0.2) is 0 Å². The average Bonchev–Trinajstić information content (AvgIpc) is 2.62. The number of anilines is 1. The van der Waals surface area contributed by atoms with Crippen LogP contribution in [-0.2, 0) is 22.4 Å². The lowest BCUT2D eigenvalue weighted by molar-refractivity contribution is -0.126. The van der Waals surface area contributed by atoms with Crippen LogP contribution in [0.25, 0.3) is 0 Å². The van der Waals surface area contributed by atoms with Gasteiger partial charge in [-0.05, 0) is 29.3 Å². The third-order valence-electron chi connectivity index (χ3n) is 4.16. The third-order valence-corrected chi connectivity index (χ3v) is 4.16. The Morgan fingerprint density at radius 3 is 2.68 bits per heavy atom. The number of rotatable bonds is 5.